The lowest BCUT2D eigenvalue weighted by molar-refractivity contribution is -0.127. The smallest absolute Gasteiger partial charge is 0.239 e. The van der Waals surface area contributed by atoms with Crippen molar-refractivity contribution in [3.05, 3.63) is 0 Å². The Labute approximate surface area is 93.4 Å². The van der Waals surface area contributed by atoms with Gasteiger partial charge in [0.15, 0.2) is 0 Å². The van der Waals surface area contributed by atoms with E-state index in [2.05, 4.69) is 10.6 Å². The third-order valence-corrected chi connectivity index (χ3v) is 1.62. The summed E-state index contributed by atoms with van der Waals surface area (Å²) in [4.78, 5) is 32.4. The van der Waals surface area contributed by atoms with E-state index in [1.54, 1.807) is 0 Å². The Morgan fingerprint density at radius 1 is 1.25 bits per heavy atom. The van der Waals surface area contributed by atoms with Crippen LogP contribution in [-0.4, -0.2) is 42.0 Å². The first-order valence-electron chi connectivity index (χ1n) is 4.91. The average molecular weight is 231 g/mol. The molecule has 7 nitrogen and oxygen atoms in total. The second kappa shape index (κ2) is 7.63. The summed E-state index contributed by atoms with van der Waals surface area (Å²) >= 11 is 0. The number of hydrogen-bond acceptors (Lipinski definition) is 4. The third-order valence-electron chi connectivity index (χ3n) is 1.62. The van der Waals surface area contributed by atoms with Crippen LogP contribution < -0.4 is 16.4 Å². The van der Waals surface area contributed by atoms with Crippen molar-refractivity contribution in [2.24, 2.45) is 5.73 Å². The van der Waals surface area contributed by atoms with Crippen molar-refractivity contribution in [3.8, 4) is 0 Å². The fourth-order valence-electron chi connectivity index (χ4n) is 0.907. The molecule has 0 radical (unpaired) electrons. The molecule has 0 aliphatic carbocycles. The summed E-state index contributed by atoms with van der Waals surface area (Å²) in [6.45, 7) is 1.46. The second-order valence-electron chi connectivity index (χ2n) is 3.40. The molecule has 0 aliphatic rings. The Bertz CT molecular complexity index is 265. The number of carbonyl (C=O) groups is 3. The van der Waals surface area contributed by atoms with Crippen molar-refractivity contribution < 1.29 is 19.5 Å². The second-order valence-corrected chi connectivity index (χ2v) is 3.40. The molecule has 0 bridgehead atoms. The Balaban J connectivity index is 3.57. The van der Waals surface area contributed by atoms with Gasteiger partial charge in [-0.15, -0.1) is 0 Å². The maximum absolute atomic E-state index is 11.1. The molecule has 92 valence electrons. The van der Waals surface area contributed by atoms with Crippen LogP contribution in [0.3, 0.4) is 0 Å². The molecule has 0 spiro atoms. The number of hydrogen-bond donors (Lipinski definition) is 4. The van der Waals surface area contributed by atoms with E-state index in [0.29, 0.717) is 0 Å². The number of nitrogens with one attached hydrogen (secondary N) is 2. The molecule has 0 unspecified atom stereocenters. The Hall–Kier alpha value is -1.63. The third kappa shape index (κ3) is 8.95. The Kier molecular flexibility index (Phi) is 6.86. The van der Waals surface area contributed by atoms with Crippen LogP contribution in [0.4, 0.5) is 0 Å². The number of primary amides is 1. The number of aliphatic hydroxyl groups is 1. The SMILES string of the molecule is C[C@H](O)CC(=O)NCC(=O)NCCC(N)=O. The van der Waals surface area contributed by atoms with Crippen molar-refractivity contribution >= 4 is 17.7 Å². The first-order valence-corrected chi connectivity index (χ1v) is 4.91. The van der Waals surface area contributed by atoms with E-state index in [-0.39, 0.29) is 25.9 Å². The summed E-state index contributed by atoms with van der Waals surface area (Å²) in [5.74, 6) is -1.31. The van der Waals surface area contributed by atoms with Crippen molar-refractivity contribution in [2.75, 3.05) is 13.1 Å². The van der Waals surface area contributed by atoms with Gasteiger partial charge in [-0.25, -0.2) is 0 Å². The van der Waals surface area contributed by atoms with E-state index in [1.165, 1.54) is 6.92 Å². The Morgan fingerprint density at radius 3 is 2.38 bits per heavy atom. The van der Waals surface area contributed by atoms with Crippen LogP contribution in [0.25, 0.3) is 0 Å². The number of rotatable bonds is 7. The van der Waals surface area contributed by atoms with Crippen molar-refractivity contribution in [3.63, 3.8) is 0 Å². The monoisotopic (exact) mass is 231 g/mol. The van der Waals surface area contributed by atoms with Gasteiger partial charge in [0, 0.05) is 13.0 Å². The first kappa shape index (κ1) is 14.4. The van der Waals surface area contributed by atoms with E-state index in [1.807, 2.05) is 0 Å². The molecule has 0 aromatic rings. The van der Waals surface area contributed by atoms with E-state index in [9.17, 15) is 14.4 Å². The van der Waals surface area contributed by atoms with Crippen LogP contribution in [0, 0.1) is 0 Å². The minimum atomic E-state index is -0.738. The lowest BCUT2D eigenvalue weighted by Gasteiger charge is -2.07. The van der Waals surface area contributed by atoms with E-state index in [4.69, 9.17) is 10.8 Å². The van der Waals surface area contributed by atoms with Gasteiger partial charge in [0.2, 0.25) is 17.7 Å². The zero-order valence-electron chi connectivity index (χ0n) is 9.16. The lowest BCUT2D eigenvalue weighted by atomic mass is 10.3. The molecule has 0 rings (SSSR count). The summed E-state index contributed by atoms with van der Waals surface area (Å²) in [6.07, 6.45) is -0.722. The van der Waals surface area contributed by atoms with Gasteiger partial charge >= 0.3 is 0 Å². The summed E-state index contributed by atoms with van der Waals surface area (Å²) in [7, 11) is 0. The normalized spacial score (nSPS) is 11.6. The zero-order chi connectivity index (χ0) is 12.6. The minimum absolute atomic E-state index is 0.0471. The Morgan fingerprint density at radius 2 is 1.88 bits per heavy atom. The van der Waals surface area contributed by atoms with E-state index in [0.717, 1.165) is 0 Å². The van der Waals surface area contributed by atoms with Gasteiger partial charge in [-0.2, -0.15) is 0 Å². The van der Waals surface area contributed by atoms with Gasteiger partial charge in [-0.3, -0.25) is 14.4 Å². The predicted octanol–water partition coefficient (Wildman–Crippen LogP) is -2.13. The van der Waals surface area contributed by atoms with Gasteiger partial charge in [0.05, 0.1) is 19.1 Å². The molecule has 0 saturated carbocycles. The summed E-state index contributed by atoms with van der Waals surface area (Å²) in [5, 5.41) is 13.6. The van der Waals surface area contributed by atoms with Crippen LogP contribution in [0.2, 0.25) is 0 Å². The molecule has 5 N–H and O–H groups in total. The van der Waals surface area contributed by atoms with Crippen LogP contribution in [0.15, 0.2) is 0 Å². The van der Waals surface area contributed by atoms with Crippen LogP contribution >= 0.6 is 0 Å². The van der Waals surface area contributed by atoms with Crippen LogP contribution in [-0.2, 0) is 14.4 Å². The quantitative estimate of drug-likeness (QED) is 0.399. The highest BCUT2D eigenvalue weighted by atomic mass is 16.3. The van der Waals surface area contributed by atoms with Crippen LogP contribution in [0.1, 0.15) is 19.8 Å². The molecule has 0 aromatic heterocycles. The topological polar surface area (TPSA) is 122 Å². The maximum atomic E-state index is 11.1. The number of amides is 3. The molecule has 0 aromatic carbocycles. The summed E-state index contributed by atoms with van der Waals surface area (Å²) < 4.78 is 0. The maximum Gasteiger partial charge on any atom is 0.239 e. The fraction of sp³-hybridized carbons (Fsp3) is 0.667. The highest BCUT2D eigenvalue weighted by molar-refractivity contribution is 5.85. The standard InChI is InChI=1S/C9H17N3O4/c1-6(13)4-8(15)12-5-9(16)11-3-2-7(10)14/h6,13H,2-5H2,1H3,(H2,10,14)(H,11,16)(H,12,15)/t6-/m0/s1. The van der Waals surface area contributed by atoms with Gasteiger partial charge in [-0.05, 0) is 6.92 Å². The van der Waals surface area contributed by atoms with E-state index < -0.39 is 23.8 Å². The lowest BCUT2D eigenvalue weighted by Crippen LogP contribution is -2.38. The molecule has 7 heteroatoms. The van der Waals surface area contributed by atoms with E-state index >= 15 is 0 Å². The zero-order valence-corrected chi connectivity index (χ0v) is 9.16. The molecule has 3 amide bonds. The fourth-order valence-corrected chi connectivity index (χ4v) is 0.907. The highest BCUT2D eigenvalue weighted by Gasteiger charge is 2.07. The van der Waals surface area contributed by atoms with Gasteiger partial charge in [0.1, 0.15) is 0 Å². The van der Waals surface area contributed by atoms with Crippen molar-refractivity contribution in [2.45, 2.75) is 25.9 Å². The molecule has 0 fully saturated rings. The average Bonchev–Trinajstić information content (AvgIpc) is 2.13. The van der Waals surface area contributed by atoms with Crippen LogP contribution in [0.5, 0.6) is 0 Å². The van der Waals surface area contributed by atoms with Crippen molar-refractivity contribution in [1.82, 2.24) is 10.6 Å². The predicted molar refractivity (Wildman–Crippen MR) is 56.1 cm³/mol. The molecule has 1 atom stereocenters. The minimum Gasteiger partial charge on any atom is -0.393 e. The molecule has 16 heavy (non-hydrogen) atoms. The largest absolute Gasteiger partial charge is 0.393 e. The number of nitrogens with two attached hydrogens (primary N) is 1. The molecular formula is C9H17N3O4. The molecule has 0 saturated heterocycles. The van der Waals surface area contributed by atoms with Gasteiger partial charge in [0.25, 0.3) is 0 Å². The van der Waals surface area contributed by atoms with Gasteiger partial charge in [-0.1, -0.05) is 0 Å². The number of carbonyl (C=O) groups excluding carboxylic acids is 3. The molecule has 0 aliphatic heterocycles. The molecular weight excluding hydrogens is 214 g/mol. The number of aliphatic hydroxyl groups excluding tert-OH is 1. The molecule has 0 heterocycles. The van der Waals surface area contributed by atoms with Crippen molar-refractivity contribution in [1.29, 1.82) is 0 Å². The van der Waals surface area contributed by atoms with Gasteiger partial charge < -0.3 is 21.5 Å². The summed E-state index contributed by atoms with van der Waals surface area (Å²) in [5.41, 5.74) is 4.87. The highest BCUT2D eigenvalue weighted by Crippen LogP contribution is 1.87. The summed E-state index contributed by atoms with van der Waals surface area (Å²) in [6, 6.07) is 0. The first-order chi connectivity index (χ1) is 7.41.